The zero-order valence-corrected chi connectivity index (χ0v) is 30.3. The van der Waals surface area contributed by atoms with Crippen LogP contribution in [0.3, 0.4) is 0 Å². The van der Waals surface area contributed by atoms with Crippen LogP contribution in [0.4, 0.5) is 5.69 Å². The van der Waals surface area contributed by atoms with E-state index < -0.39 is 15.6 Å². The predicted molar refractivity (Wildman–Crippen MR) is 194 cm³/mol. The molecule has 2 atom stereocenters. The molecule has 3 heterocycles. The molecule has 0 spiro atoms. The van der Waals surface area contributed by atoms with Gasteiger partial charge < -0.3 is 15.4 Å². The standard InChI is InChI=1S/C40H47N4O3S/c1-11-17-41-26(5)16-18-42-48(45,46)38-35-30(25(4)22-40(9,10)44-35)20-32-33(28-15-13-12-14-23(28)2)31-19-29-24(3)21-39(7,8)43-34(29)27(6)36(31)47-37(32)38/h1,12-15,19-20,24-25,41-42H,5,16-18,21-22H2,2-4,6-10H3/q-1. The Morgan fingerprint density at radius 1 is 1.06 bits per heavy atom. The van der Waals surface area contributed by atoms with Crippen LogP contribution in [0, 0.1) is 26.2 Å². The summed E-state index contributed by atoms with van der Waals surface area (Å²) in [6, 6.07) is 12.7. The number of aryl methyl sites for hydroxylation is 1. The van der Waals surface area contributed by atoms with Gasteiger partial charge in [0.1, 0.15) is 10.6 Å². The highest BCUT2D eigenvalue weighted by Crippen LogP contribution is 2.55. The maximum absolute atomic E-state index is 14.6. The quantitative estimate of drug-likeness (QED) is 0.194. The van der Waals surface area contributed by atoms with Gasteiger partial charge in [-0.1, -0.05) is 76.4 Å². The number of ether oxygens (including phenoxy) is 1. The van der Waals surface area contributed by atoms with Gasteiger partial charge in [0.2, 0.25) is 10.0 Å². The number of terminal acetylenes is 1. The van der Waals surface area contributed by atoms with Crippen LogP contribution in [0.1, 0.15) is 106 Å². The smallest absolute Gasteiger partial charge is 0.243 e. The summed E-state index contributed by atoms with van der Waals surface area (Å²) in [4.78, 5) is 5.27. The van der Waals surface area contributed by atoms with Crippen molar-refractivity contribution in [3.63, 3.8) is 0 Å². The number of rotatable bonds is 8. The third kappa shape index (κ3) is 6.03. The monoisotopic (exact) mass is 663 g/mol. The Hall–Kier alpha value is -4.06. The number of fused-ring (bicyclic) bond motifs is 4. The third-order valence-electron chi connectivity index (χ3n) is 9.84. The van der Waals surface area contributed by atoms with Crippen molar-refractivity contribution in [2.24, 2.45) is 4.99 Å². The lowest BCUT2D eigenvalue weighted by atomic mass is 9.79. The Morgan fingerprint density at radius 2 is 1.77 bits per heavy atom. The normalized spacial score (nSPS) is 20.0. The van der Waals surface area contributed by atoms with Gasteiger partial charge in [0.05, 0.1) is 17.4 Å². The van der Waals surface area contributed by atoms with Crippen LogP contribution < -0.4 is 25.4 Å². The lowest BCUT2D eigenvalue weighted by Crippen LogP contribution is -2.36. The zero-order chi connectivity index (χ0) is 34.8. The Morgan fingerprint density at radius 3 is 2.48 bits per heavy atom. The number of benzene rings is 3. The van der Waals surface area contributed by atoms with E-state index in [4.69, 9.17) is 21.5 Å². The van der Waals surface area contributed by atoms with Crippen LogP contribution >= 0.6 is 0 Å². The lowest BCUT2D eigenvalue weighted by molar-refractivity contribution is 0.403. The molecule has 7 nitrogen and oxygen atoms in total. The fraction of sp³-hybridized carbons (Fsp3) is 0.425. The van der Waals surface area contributed by atoms with Crippen molar-refractivity contribution in [2.45, 2.75) is 102 Å². The highest BCUT2D eigenvalue weighted by atomic mass is 32.2. The molecule has 6 rings (SSSR count). The maximum atomic E-state index is 14.6. The van der Waals surface area contributed by atoms with E-state index >= 15 is 0 Å². The van der Waals surface area contributed by atoms with Crippen molar-refractivity contribution in [3.8, 4) is 23.8 Å². The maximum Gasteiger partial charge on any atom is 0.243 e. The topological polar surface area (TPSA) is 93.9 Å². The summed E-state index contributed by atoms with van der Waals surface area (Å²) in [6.07, 6.45) is 7.50. The molecule has 0 aliphatic carbocycles. The molecule has 0 radical (unpaired) electrons. The van der Waals surface area contributed by atoms with Crippen LogP contribution in [0.2, 0.25) is 0 Å². The molecule has 0 bridgehead atoms. The SMILES string of the molecule is C#CCNC(=C)CCNS(=O)(=O)c1c2c(cc3c1Oc1c(C)c4c(cc1=C3c1ccccc1C)C(C)CC(C)(C)N=4)C(C)CC(C)(C)[N-]2. The van der Waals surface area contributed by atoms with Crippen molar-refractivity contribution in [1.82, 2.24) is 10.0 Å². The summed E-state index contributed by atoms with van der Waals surface area (Å²) in [5.74, 6) is 3.83. The van der Waals surface area contributed by atoms with Gasteiger partial charge in [0, 0.05) is 40.6 Å². The van der Waals surface area contributed by atoms with Crippen molar-refractivity contribution < 1.29 is 13.2 Å². The largest absolute Gasteiger partial charge is 0.678 e. The van der Waals surface area contributed by atoms with E-state index in [1.165, 1.54) is 5.56 Å². The molecule has 252 valence electrons. The van der Waals surface area contributed by atoms with Crippen molar-refractivity contribution in [3.05, 3.63) is 97.9 Å². The van der Waals surface area contributed by atoms with Gasteiger partial charge in [-0.3, -0.25) is 4.99 Å². The molecule has 0 saturated heterocycles. The van der Waals surface area contributed by atoms with Crippen LogP contribution in [0.15, 0.2) is 58.6 Å². The zero-order valence-electron chi connectivity index (χ0n) is 29.5. The van der Waals surface area contributed by atoms with E-state index in [2.05, 4.69) is 95.3 Å². The van der Waals surface area contributed by atoms with E-state index in [0.717, 1.165) is 56.8 Å². The first kappa shape index (κ1) is 33.8. The van der Waals surface area contributed by atoms with Crippen LogP contribution in [-0.4, -0.2) is 32.6 Å². The minimum atomic E-state index is -4.12. The predicted octanol–water partition coefficient (Wildman–Crippen LogP) is 7.26. The summed E-state index contributed by atoms with van der Waals surface area (Å²) in [7, 11) is -4.12. The van der Waals surface area contributed by atoms with Gasteiger partial charge in [-0.15, -0.1) is 17.6 Å². The second-order valence-electron chi connectivity index (χ2n) is 15.0. The number of hydrogen-bond acceptors (Lipinski definition) is 5. The van der Waals surface area contributed by atoms with Crippen LogP contribution in [0.5, 0.6) is 11.5 Å². The molecule has 48 heavy (non-hydrogen) atoms. The number of sulfonamides is 1. The fourth-order valence-electron chi connectivity index (χ4n) is 7.81. The molecule has 8 heteroatoms. The highest BCUT2D eigenvalue weighted by Gasteiger charge is 2.36. The van der Waals surface area contributed by atoms with Crippen molar-refractivity contribution in [2.75, 3.05) is 13.1 Å². The molecule has 3 aromatic rings. The van der Waals surface area contributed by atoms with Gasteiger partial charge in [-0.05, 0) is 74.8 Å². The molecule has 0 aromatic heterocycles. The summed E-state index contributed by atoms with van der Waals surface area (Å²) >= 11 is 0. The van der Waals surface area contributed by atoms with Gasteiger partial charge in [-0.25, -0.2) is 13.1 Å². The van der Waals surface area contributed by atoms with E-state index in [1.807, 2.05) is 19.1 Å². The van der Waals surface area contributed by atoms with Gasteiger partial charge in [0.25, 0.3) is 0 Å². The minimum Gasteiger partial charge on any atom is -0.678 e. The fourth-order valence-corrected chi connectivity index (χ4v) is 9.14. The van der Waals surface area contributed by atoms with Gasteiger partial charge in [0.15, 0.2) is 5.75 Å². The van der Waals surface area contributed by atoms with Gasteiger partial charge >= 0.3 is 0 Å². The molecular formula is C40H47N4O3S-. The Kier molecular flexibility index (Phi) is 8.54. The van der Waals surface area contributed by atoms with E-state index in [1.54, 1.807) is 0 Å². The average molecular weight is 664 g/mol. The van der Waals surface area contributed by atoms with E-state index in [0.29, 0.717) is 41.8 Å². The molecule has 0 amide bonds. The number of hydrogen-bond donors (Lipinski definition) is 2. The molecule has 2 N–H and O–H groups in total. The Bertz CT molecular complexity index is 2120. The first-order chi connectivity index (χ1) is 22.5. The first-order valence-electron chi connectivity index (χ1n) is 16.8. The Balaban J connectivity index is 1.67. The van der Waals surface area contributed by atoms with Gasteiger partial charge in [-0.2, -0.15) is 0 Å². The molecule has 2 unspecified atom stereocenters. The first-order valence-corrected chi connectivity index (χ1v) is 18.3. The molecule has 3 aliphatic heterocycles. The lowest BCUT2D eigenvalue weighted by Gasteiger charge is -2.51. The summed E-state index contributed by atoms with van der Waals surface area (Å²) < 4.78 is 39.0. The Labute approximate surface area is 286 Å². The molecule has 0 fully saturated rings. The summed E-state index contributed by atoms with van der Waals surface area (Å²) in [5, 5.41) is 10.0. The van der Waals surface area contributed by atoms with Crippen molar-refractivity contribution in [1.29, 1.82) is 0 Å². The molecule has 3 aliphatic rings. The third-order valence-corrected chi connectivity index (χ3v) is 11.3. The second-order valence-corrected chi connectivity index (χ2v) is 16.7. The van der Waals surface area contributed by atoms with Crippen LogP contribution in [0.25, 0.3) is 10.9 Å². The second kappa shape index (κ2) is 12.1. The van der Waals surface area contributed by atoms with E-state index in [9.17, 15) is 8.42 Å². The summed E-state index contributed by atoms with van der Waals surface area (Å²) in [6.45, 7) is 21.5. The number of nitrogens with zero attached hydrogens (tertiary/aromatic N) is 2. The molecule has 0 saturated carbocycles. The van der Waals surface area contributed by atoms with E-state index in [-0.39, 0.29) is 22.9 Å². The minimum absolute atomic E-state index is 0.0744. The number of nitrogens with one attached hydrogen (secondary N) is 2. The molecule has 3 aromatic carbocycles. The molecular weight excluding hydrogens is 617 g/mol. The summed E-state index contributed by atoms with van der Waals surface area (Å²) in [5.41, 5.74) is 7.33. The highest BCUT2D eigenvalue weighted by molar-refractivity contribution is 7.89. The van der Waals surface area contributed by atoms with Crippen LogP contribution in [-0.2, 0) is 10.0 Å². The van der Waals surface area contributed by atoms with Crippen molar-refractivity contribution >= 4 is 21.3 Å². The average Bonchev–Trinajstić information content (AvgIpc) is 2.98.